The first-order chi connectivity index (χ1) is 6.57. The van der Waals surface area contributed by atoms with Crippen LogP contribution in [0.2, 0.25) is 0 Å². The van der Waals surface area contributed by atoms with Crippen LogP contribution < -0.4 is 0 Å². The third kappa shape index (κ3) is 3.58. The van der Waals surface area contributed by atoms with E-state index in [2.05, 4.69) is 25.7 Å². The van der Waals surface area contributed by atoms with Crippen LogP contribution in [0, 0.1) is 11.3 Å². The van der Waals surface area contributed by atoms with Crippen molar-refractivity contribution in [2.45, 2.75) is 40.0 Å². The first-order valence-corrected chi connectivity index (χ1v) is 5.90. The number of nitrogens with zero attached hydrogens (tertiary/aromatic N) is 1. The van der Waals surface area contributed by atoms with E-state index < -0.39 is 0 Å². The minimum Gasteiger partial charge on any atom is -0.396 e. The normalized spacial score (nSPS) is 19.7. The summed E-state index contributed by atoms with van der Waals surface area (Å²) >= 11 is 0. The highest BCUT2D eigenvalue weighted by Crippen LogP contribution is 2.28. The first-order valence-electron chi connectivity index (χ1n) is 5.90. The second kappa shape index (κ2) is 5.13. The lowest BCUT2D eigenvalue weighted by Gasteiger charge is -2.43. The van der Waals surface area contributed by atoms with Gasteiger partial charge in [-0.3, -0.25) is 0 Å². The third-order valence-electron chi connectivity index (χ3n) is 3.27. The molecule has 0 aliphatic carbocycles. The number of rotatable bonds is 6. The largest absolute Gasteiger partial charge is 0.396 e. The first kappa shape index (κ1) is 12.0. The molecule has 2 nitrogen and oxygen atoms in total. The van der Waals surface area contributed by atoms with Crippen molar-refractivity contribution in [3.05, 3.63) is 0 Å². The van der Waals surface area contributed by atoms with Gasteiger partial charge in [0.1, 0.15) is 0 Å². The van der Waals surface area contributed by atoms with Crippen molar-refractivity contribution in [3.63, 3.8) is 0 Å². The highest BCUT2D eigenvalue weighted by atomic mass is 16.2. The monoisotopic (exact) mass is 199 g/mol. The van der Waals surface area contributed by atoms with Crippen LogP contribution in [0.3, 0.4) is 0 Å². The van der Waals surface area contributed by atoms with Crippen molar-refractivity contribution in [2.75, 3.05) is 26.2 Å². The minimum absolute atomic E-state index is 0.334. The molecule has 0 saturated carbocycles. The second-order valence-electron chi connectivity index (χ2n) is 5.46. The molecule has 0 aromatic heterocycles. The molecule has 1 N–H and O–H groups in total. The molecule has 1 rings (SSSR count). The molecule has 0 bridgehead atoms. The van der Waals surface area contributed by atoms with Gasteiger partial charge in [-0.15, -0.1) is 0 Å². The molecule has 2 heteroatoms. The lowest BCUT2D eigenvalue weighted by molar-refractivity contribution is 0.0511. The highest BCUT2D eigenvalue weighted by Gasteiger charge is 2.29. The molecule has 0 radical (unpaired) electrons. The summed E-state index contributed by atoms with van der Waals surface area (Å²) in [5.41, 5.74) is 0.376. The summed E-state index contributed by atoms with van der Waals surface area (Å²) in [4.78, 5) is 2.55. The zero-order valence-corrected chi connectivity index (χ0v) is 9.92. The molecule has 0 spiro atoms. The molecule has 0 unspecified atom stereocenters. The van der Waals surface area contributed by atoms with Crippen LogP contribution in [0.25, 0.3) is 0 Å². The Kier molecular flexibility index (Phi) is 4.39. The van der Waals surface area contributed by atoms with E-state index in [1.165, 1.54) is 26.1 Å². The Balaban J connectivity index is 2.16. The topological polar surface area (TPSA) is 23.5 Å². The molecule has 14 heavy (non-hydrogen) atoms. The van der Waals surface area contributed by atoms with Gasteiger partial charge in [-0.2, -0.15) is 0 Å². The summed E-state index contributed by atoms with van der Waals surface area (Å²) in [6.45, 7) is 11.0. The zero-order chi connectivity index (χ0) is 10.6. The fourth-order valence-corrected chi connectivity index (χ4v) is 2.31. The lowest BCUT2D eigenvalue weighted by atomic mass is 9.85. The van der Waals surface area contributed by atoms with E-state index in [1.54, 1.807) is 0 Å². The summed E-state index contributed by atoms with van der Waals surface area (Å²) in [5, 5.41) is 8.80. The number of hydrogen-bond acceptors (Lipinski definition) is 2. The molecule has 1 saturated heterocycles. The SMILES string of the molecule is CCC1CN(CC(C)(C)CCCO)C1. The molecule has 0 aromatic rings. The fourth-order valence-electron chi connectivity index (χ4n) is 2.31. The summed E-state index contributed by atoms with van der Waals surface area (Å²) in [7, 11) is 0. The summed E-state index contributed by atoms with van der Waals surface area (Å²) < 4.78 is 0. The van der Waals surface area contributed by atoms with E-state index in [4.69, 9.17) is 5.11 Å². The van der Waals surface area contributed by atoms with Crippen LogP contribution in [0.4, 0.5) is 0 Å². The maximum Gasteiger partial charge on any atom is 0.0431 e. The number of aliphatic hydroxyl groups is 1. The average Bonchev–Trinajstić information content (AvgIpc) is 2.07. The van der Waals surface area contributed by atoms with Crippen LogP contribution >= 0.6 is 0 Å². The van der Waals surface area contributed by atoms with Crippen LogP contribution in [-0.4, -0.2) is 36.2 Å². The molecule has 0 atom stereocenters. The average molecular weight is 199 g/mol. The second-order valence-corrected chi connectivity index (χ2v) is 5.46. The maximum absolute atomic E-state index is 8.80. The lowest BCUT2D eigenvalue weighted by Crippen LogP contribution is -2.50. The summed E-state index contributed by atoms with van der Waals surface area (Å²) in [5.74, 6) is 0.948. The van der Waals surface area contributed by atoms with E-state index in [-0.39, 0.29) is 0 Å². The van der Waals surface area contributed by atoms with Gasteiger partial charge in [0, 0.05) is 26.2 Å². The van der Waals surface area contributed by atoms with Crippen molar-refractivity contribution < 1.29 is 5.11 Å². The van der Waals surface area contributed by atoms with Crippen molar-refractivity contribution in [3.8, 4) is 0 Å². The molecule has 1 aliphatic heterocycles. The fraction of sp³-hybridized carbons (Fsp3) is 1.00. The van der Waals surface area contributed by atoms with Gasteiger partial charge in [0.15, 0.2) is 0 Å². The molecular weight excluding hydrogens is 174 g/mol. The van der Waals surface area contributed by atoms with Crippen LogP contribution in [0.1, 0.15) is 40.0 Å². The van der Waals surface area contributed by atoms with E-state index in [1.807, 2.05) is 0 Å². The zero-order valence-electron chi connectivity index (χ0n) is 9.92. The van der Waals surface area contributed by atoms with Gasteiger partial charge in [-0.1, -0.05) is 27.2 Å². The van der Waals surface area contributed by atoms with Crippen molar-refractivity contribution in [1.29, 1.82) is 0 Å². The maximum atomic E-state index is 8.80. The number of likely N-dealkylation sites (tertiary alicyclic amines) is 1. The number of hydrogen-bond donors (Lipinski definition) is 1. The summed E-state index contributed by atoms with van der Waals surface area (Å²) in [6.07, 6.45) is 3.41. The molecule has 84 valence electrons. The van der Waals surface area contributed by atoms with Crippen molar-refractivity contribution >= 4 is 0 Å². The van der Waals surface area contributed by atoms with Gasteiger partial charge in [0.2, 0.25) is 0 Å². The smallest absolute Gasteiger partial charge is 0.0431 e. The Labute approximate surface area is 88.3 Å². The van der Waals surface area contributed by atoms with Gasteiger partial charge < -0.3 is 10.0 Å². The van der Waals surface area contributed by atoms with Crippen LogP contribution in [0.15, 0.2) is 0 Å². The summed E-state index contributed by atoms with van der Waals surface area (Å²) in [6, 6.07) is 0. The molecule has 1 fully saturated rings. The molecule has 1 heterocycles. The number of aliphatic hydroxyl groups excluding tert-OH is 1. The Morgan fingerprint density at radius 3 is 2.50 bits per heavy atom. The Bertz CT molecular complexity index is 162. The predicted molar refractivity (Wildman–Crippen MR) is 60.3 cm³/mol. The Morgan fingerprint density at radius 1 is 1.36 bits per heavy atom. The van der Waals surface area contributed by atoms with E-state index in [0.717, 1.165) is 18.8 Å². The minimum atomic E-state index is 0.334. The van der Waals surface area contributed by atoms with E-state index in [9.17, 15) is 0 Å². The predicted octanol–water partition coefficient (Wildman–Crippen LogP) is 2.13. The molecular formula is C12H25NO. The molecule has 0 aromatic carbocycles. The van der Waals surface area contributed by atoms with E-state index >= 15 is 0 Å². The Hall–Kier alpha value is -0.0800. The van der Waals surface area contributed by atoms with Gasteiger partial charge in [-0.05, 0) is 24.2 Å². The standard InChI is InChI=1S/C12H25NO/c1-4-11-8-13(9-11)10-12(2,3)6-5-7-14/h11,14H,4-10H2,1-3H3. The van der Waals surface area contributed by atoms with Crippen LogP contribution in [-0.2, 0) is 0 Å². The van der Waals surface area contributed by atoms with Crippen LogP contribution in [0.5, 0.6) is 0 Å². The Morgan fingerprint density at radius 2 is 2.00 bits per heavy atom. The van der Waals surface area contributed by atoms with Crippen molar-refractivity contribution in [1.82, 2.24) is 4.90 Å². The molecule has 1 aliphatic rings. The quantitative estimate of drug-likeness (QED) is 0.708. The third-order valence-corrected chi connectivity index (χ3v) is 3.27. The van der Waals surface area contributed by atoms with Gasteiger partial charge in [0.25, 0.3) is 0 Å². The van der Waals surface area contributed by atoms with Gasteiger partial charge in [-0.25, -0.2) is 0 Å². The van der Waals surface area contributed by atoms with Gasteiger partial charge >= 0.3 is 0 Å². The molecule has 0 amide bonds. The van der Waals surface area contributed by atoms with Crippen molar-refractivity contribution in [2.24, 2.45) is 11.3 Å². The van der Waals surface area contributed by atoms with Gasteiger partial charge in [0.05, 0.1) is 0 Å². The van der Waals surface area contributed by atoms with E-state index in [0.29, 0.717) is 12.0 Å². The highest BCUT2D eigenvalue weighted by molar-refractivity contribution is 4.83.